The van der Waals surface area contributed by atoms with Crippen molar-refractivity contribution in [2.75, 3.05) is 8.86 Å². The molecule has 0 spiro atoms. The average molecular weight is 394 g/mol. The molecule has 0 aliphatic carbocycles. The maximum absolute atomic E-state index is 9.25. The molecule has 11 heavy (non-hydrogen) atoms. The summed E-state index contributed by atoms with van der Waals surface area (Å²) in [6.07, 6.45) is 0. The van der Waals surface area contributed by atoms with E-state index < -0.39 is 11.9 Å². The van der Waals surface area contributed by atoms with Crippen molar-refractivity contribution in [2.45, 2.75) is 0 Å². The Morgan fingerprint density at radius 1 is 1.00 bits per heavy atom. The second-order valence-electron chi connectivity index (χ2n) is 1.01. The van der Waals surface area contributed by atoms with Gasteiger partial charge in [0.1, 0.15) is 0 Å². The van der Waals surface area contributed by atoms with Crippen molar-refractivity contribution in [3.8, 4) is 0 Å². The van der Waals surface area contributed by atoms with E-state index >= 15 is 0 Å². The van der Waals surface area contributed by atoms with Crippen molar-refractivity contribution in [1.29, 1.82) is 0 Å². The van der Waals surface area contributed by atoms with Crippen LogP contribution in [0.15, 0.2) is 0 Å². The van der Waals surface area contributed by atoms with Crippen LogP contribution in [0.5, 0.6) is 0 Å². The molecule has 0 radical (unpaired) electrons. The van der Waals surface area contributed by atoms with Crippen molar-refractivity contribution in [1.82, 2.24) is 0 Å². The number of carboxylic acid groups (broad SMARTS) is 2. The van der Waals surface area contributed by atoms with Crippen LogP contribution >= 0.6 is 45.2 Å². The predicted octanol–water partition coefficient (Wildman–Crippen LogP) is -2.04. The number of carbonyl (C=O) groups excluding carboxylic acids is 2. The van der Waals surface area contributed by atoms with Crippen molar-refractivity contribution in [3.63, 3.8) is 0 Å². The van der Waals surface area contributed by atoms with Gasteiger partial charge in [-0.2, -0.15) is 0 Å². The molecular formula is C4H4I2MgO4. The van der Waals surface area contributed by atoms with E-state index in [1.165, 1.54) is 0 Å². The molecule has 4 nitrogen and oxygen atoms in total. The van der Waals surface area contributed by atoms with Crippen LogP contribution < -0.4 is 10.2 Å². The van der Waals surface area contributed by atoms with Gasteiger partial charge in [-0.3, -0.25) is 0 Å². The second kappa shape index (κ2) is 13.7. The van der Waals surface area contributed by atoms with E-state index in [2.05, 4.69) is 0 Å². The fourth-order valence-electron chi connectivity index (χ4n) is 0. The van der Waals surface area contributed by atoms with Crippen molar-refractivity contribution in [3.05, 3.63) is 0 Å². The smallest absolute Gasteiger partial charge is 0.549 e. The third kappa shape index (κ3) is 35.2. The van der Waals surface area contributed by atoms with Gasteiger partial charge in [-0.1, -0.05) is 45.2 Å². The number of aliphatic carboxylic acids is 2. The third-order valence-electron chi connectivity index (χ3n) is 0.218. The van der Waals surface area contributed by atoms with Crippen molar-refractivity contribution >= 4 is 80.2 Å². The van der Waals surface area contributed by atoms with E-state index in [1.54, 1.807) is 45.2 Å². The van der Waals surface area contributed by atoms with Crippen LogP contribution in [-0.4, -0.2) is 43.8 Å². The summed E-state index contributed by atoms with van der Waals surface area (Å²) in [6, 6.07) is 0. The number of alkyl halides is 2. The quantitative estimate of drug-likeness (QED) is 0.307. The third-order valence-corrected chi connectivity index (χ3v) is 1.46. The van der Waals surface area contributed by atoms with E-state index in [-0.39, 0.29) is 31.9 Å². The molecule has 0 heterocycles. The first-order valence-electron chi connectivity index (χ1n) is 2.06. The number of hydrogen-bond donors (Lipinski definition) is 0. The Hall–Kier alpha value is 1.17. The summed E-state index contributed by atoms with van der Waals surface area (Å²) in [6.45, 7) is 0. The molecular weight excluding hydrogens is 390 g/mol. The maximum atomic E-state index is 9.25. The zero-order valence-corrected chi connectivity index (χ0v) is 11.2. The van der Waals surface area contributed by atoms with Gasteiger partial charge in [0.15, 0.2) is 0 Å². The molecule has 0 unspecified atom stereocenters. The maximum Gasteiger partial charge on any atom is 2.00 e. The molecule has 0 saturated carbocycles. The molecule has 0 atom stereocenters. The normalized spacial score (nSPS) is 6.73. The molecule has 0 saturated heterocycles. The standard InChI is InChI=1S/2C2H3IO2.Mg/c2*3-1-2(4)5;/h2*1H2,(H,4,5);/q;;+2/p-2. The summed E-state index contributed by atoms with van der Waals surface area (Å²) in [5.74, 6) is -2.02. The Morgan fingerprint density at radius 3 is 1.09 bits per heavy atom. The Morgan fingerprint density at radius 2 is 1.09 bits per heavy atom. The van der Waals surface area contributed by atoms with Crippen LogP contribution in [0.2, 0.25) is 0 Å². The minimum absolute atomic E-state index is 0. The molecule has 0 fully saturated rings. The second-order valence-corrected chi connectivity index (χ2v) is 2.54. The summed E-state index contributed by atoms with van der Waals surface area (Å²) >= 11 is 3.43. The predicted molar refractivity (Wildman–Crippen MR) is 53.5 cm³/mol. The van der Waals surface area contributed by atoms with Gasteiger partial charge in [-0.25, -0.2) is 0 Å². The summed E-state index contributed by atoms with van der Waals surface area (Å²) in [5, 5.41) is 18.5. The number of rotatable bonds is 2. The molecule has 0 N–H and O–H groups in total. The van der Waals surface area contributed by atoms with Crippen LogP contribution in [0.4, 0.5) is 0 Å². The minimum atomic E-state index is -1.01. The van der Waals surface area contributed by atoms with Gasteiger partial charge in [0, 0.05) is 8.86 Å². The molecule has 0 aromatic rings. The zero-order valence-electron chi connectivity index (χ0n) is 5.51. The molecule has 7 heteroatoms. The van der Waals surface area contributed by atoms with Crippen molar-refractivity contribution < 1.29 is 19.8 Å². The molecule has 60 valence electrons. The van der Waals surface area contributed by atoms with E-state index in [0.29, 0.717) is 0 Å². The first-order chi connectivity index (χ1) is 4.54. The summed E-state index contributed by atoms with van der Waals surface area (Å²) < 4.78 is 0.162. The van der Waals surface area contributed by atoms with E-state index in [0.717, 1.165) is 0 Å². The van der Waals surface area contributed by atoms with Crippen LogP contribution in [0.25, 0.3) is 0 Å². The van der Waals surface area contributed by atoms with Crippen LogP contribution in [0.3, 0.4) is 0 Å². The molecule has 0 amide bonds. The molecule has 0 aliphatic rings. The number of hydrogen-bond acceptors (Lipinski definition) is 4. The molecule has 0 aromatic heterocycles. The molecule has 0 aromatic carbocycles. The van der Waals surface area contributed by atoms with Gasteiger partial charge < -0.3 is 19.8 Å². The average Bonchev–Trinajstić information content (AvgIpc) is 1.89. The molecule has 0 bridgehead atoms. The van der Waals surface area contributed by atoms with Crippen LogP contribution in [0.1, 0.15) is 0 Å². The fraction of sp³-hybridized carbons (Fsp3) is 0.500. The van der Waals surface area contributed by atoms with Gasteiger partial charge in [0.25, 0.3) is 0 Å². The van der Waals surface area contributed by atoms with Crippen LogP contribution in [-0.2, 0) is 9.59 Å². The molecule has 0 rings (SSSR count). The van der Waals surface area contributed by atoms with Gasteiger partial charge in [-0.05, 0) is 0 Å². The first-order valence-corrected chi connectivity index (χ1v) is 5.11. The van der Waals surface area contributed by atoms with Gasteiger partial charge in [0.05, 0.1) is 11.9 Å². The Kier molecular flexibility index (Phi) is 22.5. The number of halogens is 2. The Balaban J connectivity index is -0.000000107. The summed E-state index contributed by atoms with van der Waals surface area (Å²) in [7, 11) is 0. The number of carbonyl (C=O) groups is 2. The minimum Gasteiger partial charge on any atom is -0.549 e. The van der Waals surface area contributed by atoms with Crippen LogP contribution in [0, 0.1) is 0 Å². The Labute approximate surface area is 108 Å². The largest absolute Gasteiger partial charge is 2.00 e. The van der Waals surface area contributed by atoms with Gasteiger partial charge in [-0.15, -0.1) is 0 Å². The van der Waals surface area contributed by atoms with Crippen molar-refractivity contribution in [2.24, 2.45) is 0 Å². The first kappa shape index (κ1) is 18.1. The molecule has 0 aliphatic heterocycles. The van der Waals surface area contributed by atoms with Gasteiger partial charge in [0.2, 0.25) is 0 Å². The summed E-state index contributed by atoms with van der Waals surface area (Å²) in [5.41, 5.74) is 0. The SMILES string of the molecule is O=C([O-])CI.O=C([O-])CI.[Mg+2]. The van der Waals surface area contributed by atoms with E-state index in [4.69, 9.17) is 0 Å². The van der Waals surface area contributed by atoms with E-state index in [1.807, 2.05) is 0 Å². The zero-order chi connectivity index (χ0) is 8.57. The monoisotopic (exact) mass is 394 g/mol. The summed E-state index contributed by atoms with van der Waals surface area (Å²) in [4.78, 5) is 18.5. The fourth-order valence-corrected chi connectivity index (χ4v) is 0. The van der Waals surface area contributed by atoms with E-state index in [9.17, 15) is 19.8 Å². The number of carboxylic acids is 2. The topological polar surface area (TPSA) is 80.3 Å². The van der Waals surface area contributed by atoms with Gasteiger partial charge >= 0.3 is 23.1 Å². The Bertz CT molecular complexity index is 105.